The van der Waals surface area contributed by atoms with Gasteiger partial charge in [0.05, 0.1) is 17.1 Å². The number of benzene rings is 2. The van der Waals surface area contributed by atoms with Crippen molar-refractivity contribution in [1.29, 1.82) is 0 Å². The molecule has 2 N–H and O–H groups in total. The molecule has 27 heavy (non-hydrogen) atoms. The molecule has 0 atom stereocenters. The fourth-order valence-corrected chi connectivity index (χ4v) is 3.06. The SMILES string of the molecule is Cc1cc(C(C)(C)C)ccc1-c1cc(OCc2ccccc2)c(N)c(C)n1. The normalized spacial score (nSPS) is 11.4. The van der Waals surface area contributed by atoms with Crippen LogP contribution >= 0.6 is 0 Å². The molecular weight excluding hydrogens is 332 g/mol. The Balaban J connectivity index is 1.94. The van der Waals surface area contributed by atoms with Crippen molar-refractivity contribution in [1.82, 2.24) is 4.98 Å². The highest BCUT2D eigenvalue weighted by atomic mass is 16.5. The lowest BCUT2D eigenvalue weighted by atomic mass is 9.85. The van der Waals surface area contributed by atoms with E-state index in [9.17, 15) is 0 Å². The third kappa shape index (κ3) is 4.30. The zero-order valence-electron chi connectivity index (χ0n) is 16.8. The molecule has 1 heterocycles. The van der Waals surface area contributed by atoms with Crippen molar-refractivity contribution in [3.63, 3.8) is 0 Å². The largest absolute Gasteiger partial charge is 0.487 e. The Hall–Kier alpha value is -2.81. The monoisotopic (exact) mass is 360 g/mol. The Morgan fingerprint density at radius 1 is 0.963 bits per heavy atom. The van der Waals surface area contributed by atoms with E-state index in [1.807, 2.05) is 43.3 Å². The highest BCUT2D eigenvalue weighted by molar-refractivity contribution is 5.70. The number of nitrogen functional groups attached to an aromatic ring is 1. The summed E-state index contributed by atoms with van der Waals surface area (Å²) in [6, 6.07) is 18.6. The molecule has 0 saturated carbocycles. The molecule has 3 aromatic rings. The number of aryl methyl sites for hydroxylation is 2. The second-order valence-electron chi connectivity index (χ2n) is 8.06. The summed E-state index contributed by atoms with van der Waals surface area (Å²) in [6.45, 7) is 11.2. The molecule has 1 aromatic heterocycles. The van der Waals surface area contributed by atoms with Crippen LogP contribution in [0.2, 0.25) is 0 Å². The summed E-state index contributed by atoms with van der Waals surface area (Å²) in [5.74, 6) is 0.681. The molecule has 0 aliphatic rings. The van der Waals surface area contributed by atoms with E-state index in [4.69, 9.17) is 15.5 Å². The average molecular weight is 361 g/mol. The number of nitrogens with two attached hydrogens (primary N) is 1. The number of anilines is 1. The van der Waals surface area contributed by atoms with Gasteiger partial charge in [-0.05, 0) is 36.0 Å². The van der Waals surface area contributed by atoms with Gasteiger partial charge in [-0.1, -0.05) is 69.3 Å². The van der Waals surface area contributed by atoms with Gasteiger partial charge in [-0.25, -0.2) is 0 Å². The van der Waals surface area contributed by atoms with Gasteiger partial charge in [0.1, 0.15) is 12.4 Å². The van der Waals surface area contributed by atoms with Gasteiger partial charge in [0.15, 0.2) is 0 Å². The van der Waals surface area contributed by atoms with Crippen LogP contribution in [0.15, 0.2) is 54.6 Å². The van der Waals surface area contributed by atoms with Crippen molar-refractivity contribution in [2.75, 3.05) is 5.73 Å². The predicted octanol–water partition coefficient (Wildman–Crippen LogP) is 5.82. The minimum absolute atomic E-state index is 0.123. The fourth-order valence-electron chi connectivity index (χ4n) is 3.06. The average Bonchev–Trinajstić information content (AvgIpc) is 2.63. The molecule has 0 radical (unpaired) electrons. The smallest absolute Gasteiger partial charge is 0.146 e. The Kier molecular flexibility index (Phi) is 5.22. The molecule has 3 nitrogen and oxygen atoms in total. The van der Waals surface area contributed by atoms with Crippen molar-refractivity contribution in [2.24, 2.45) is 0 Å². The summed E-state index contributed by atoms with van der Waals surface area (Å²) < 4.78 is 6.02. The summed E-state index contributed by atoms with van der Waals surface area (Å²) in [4.78, 5) is 4.71. The summed E-state index contributed by atoms with van der Waals surface area (Å²) in [7, 11) is 0. The Morgan fingerprint density at radius 3 is 2.30 bits per heavy atom. The number of pyridine rings is 1. The Labute approximate surface area is 162 Å². The van der Waals surface area contributed by atoms with Gasteiger partial charge >= 0.3 is 0 Å². The molecule has 0 unspecified atom stereocenters. The number of hydrogen-bond donors (Lipinski definition) is 1. The number of hydrogen-bond acceptors (Lipinski definition) is 3. The number of aromatic nitrogens is 1. The quantitative estimate of drug-likeness (QED) is 0.637. The third-order valence-electron chi connectivity index (χ3n) is 4.82. The van der Waals surface area contributed by atoms with E-state index in [0.717, 1.165) is 22.5 Å². The van der Waals surface area contributed by atoms with E-state index in [2.05, 4.69) is 45.9 Å². The first-order chi connectivity index (χ1) is 12.8. The van der Waals surface area contributed by atoms with Crippen LogP contribution in [-0.4, -0.2) is 4.98 Å². The molecule has 2 aromatic carbocycles. The van der Waals surface area contributed by atoms with Crippen molar-refractivity contribution >= 4 is 5.69 Å². The third-order valence-corrected chi connectivity index (χ3v) is 4.82. The summed E-state index contributed by atoms with van der Waals surface area (Å²) in [5.41, 5.74) is 13.4. The molecule has 3 heteroatoms. The molecule has 0 fully saturated rings. The lowest BCUT2D eigenvalue weighted by Crippen LogP contribution is -2.11. The van der Waals surface area contributed by atoms with Gasteiger partial charge in [-0.3, -0.25) is 4.98 Å². The van der Waals surface area contributed by atoms with E-state index >= 15 is 0 Å². The van der Waals surface area contributed by atoms with Crippen LogP contribution in [0.3, 0.4) is 0 Å². The van der Waals surface area contributed by atoms with E-state index in [-0.39, 0.29) is 5.41 Å². The van der Waals surface area contributed by atoms with Crippen molar-refractivity contribution in [3.8, 4) is 17.0 Å². The topological polar surface area (TPSA) is 48.1 Å². The van der Waals surface area contributed by atoms with Gasteiger partial charge in [0.2, 0.25) is 0 Å². The molecule has 3 rings (SSSR count). The lowest BCUT2D eigenvalue weighted by molar-refractivity contribution is 0.307. The van der Waals surface area contributed by atoms with E-state index in [0.29, 0.717) is 18.0 Å². The Bertz CT molecular complexity index is 941. The number of nitrogens with zero attached hydrogens (tertiary/aromatic N) is 1. The maximum Gasteiger partial charge on any atom is 0.146 e. The summed E-state index contributed by atoms with van der Waals surface area (Å²) in [5, 5.41) is 0. The fraction of sp³-hybridized carbons (Fsp3) is 0.292. The maximum atomic E-state index is 6.23. The van der Waals surface area contributed by atoms with Crippen LogP contribution in [0.4, 0.5) is 5.69 Å². The van der Waals surface area contributed by atoms with Crippen LogP contribution in [-0.2, 0) is 12.0 Å². The van der Waals surface area contributed by atoms with Crippen LogP contribution in [0.1, 0.15) is 43.2 Å². The van der Waals surface area contributed by atoms with Crippen molar-refractivity contribution in [2.45, 2.75) is 46.6 Å². The number of ether oxygens (including phenoxy) is 1. The molecule has 0 aliphatic carbocycles. The highest BCUT2D eigenvalue weighted by Crippen LogP contribution is 2.33. The van der Waals surface area contributed by atoms with Crippen molar-refractivity contribution < 1.29 is 4.74 Å². The number of rotatable bonds is 4. The van der Waals surface area contributed by atoms with Gasteiger partial charge in [0, 0.05) is 11.6 Å². The second-order valence-corrected chi connectivity index (χ2v) is 8.06. The van der Waals surface area contributed by atoms with Gasteiger partial charge in [-0.2, -0.15) is 0 Å². The van der Waals surface area contributed by atoms with E-state index in [1.165, 1.54) is 11.1 Å². The van der Waals surface area contributed by atoms with Gasteiger partial charge < -0.3 is 10.5 Å². The predicted molar refractivity (Wildman–Crippen MR) is 113 cm³/mol. The molecular formula is C24H28N2O. The summed E-state index contributed by atoms with van der Waals surface area (Å²) in [6.07, 6.45) is 0. The zero-order chi connectivity index (χ0) is 19.6. The Morgan fingerprint density at radius 2 is 1.67 bits per heavy atom. The molecule has 0 bridgehead atoms. The first-order valence-corrected chi connectivity index (χ1v) is 9.31. The van der Waals surface area contributed by atoms with Crippen LogP contribution in [0.25, 0.3) is 11.3 Å². The van der Waals surface area contributed by atoms with Crippen LogP contribution in [0.5, 0.6) is 5.75 Å². The first-order valence-electron chi connectivity index (χ1n) is 9.31. The minimum atomic E-state index is 0.123. The highest BCUT2D eigenvalue weighted by Gasteiger charge is 2.16. The summed E-state index contributed by atoms with van der Waals surface area (Å²) >= 11 is 0. The lowest BCUT2D eigenvalue weighted by Gasteiger charge is -2.21. The van der Waals surface area contributed by atoms with Crippen LogP contribution in [0, 0.1) is 13.8 Å². The van der Waals surface area contributed by atoms with Crippen LogP contribution < -0.4 is 10.5 Å². The van der Waals surface area contributed by atoms with E-state index < -0.39 is 0 Å². The molecule has 0 spiro atoms. The second kappa shape index (κ2) is 7.43. The molecule has 140 valence electrons. The zero-order valence-corrected chi connectivity index (χ0v) is 16.8. The maximum absolute atomic E-state index is 6.23. The molecule has 0 amide bonds. The van der Waals surface area contributed by atoms with Gasteiger partial charge in [0.25, 0.3) is 0 Å². The standard InChI is InChI=1S/C24H28N2O/c1-16-13-19(24(3,4)5)11-12-20(16)21-14-22(23(25)17(2)26-21)27-15-18-9-7-6-8-10-18/h6-14H,15,25H2,1-5H3. The van der Waals surface area contributed by atoms with Gasteiger partial charge in [-0.15, -0.1) is 0 Å². The molecule has 0 aliphatic heterocycles. The minimum Gasteiger partial charge on any atom is -0.487 e. The first kappa shape index (κ1) is 19.0. The van der Waals surface area contributed by atoms with Crippen molar-refractivity contribution in [3.05, 3.63) is 77.0 Å². The molecule has 0 saturated heterocycles. The van der Waals surface area contributed by atoms with E-state index in [1.54, 1.807) is 0 Å².